The topological polar surface area (TPSA) is 98.5 Å². The zero-order chi connectivity index (χ0) is 18.7. The Balaban J connectivity index is 2.38. The molecule has 1 amide bonds. The molecule has 25 heavy (non-hydrogen) atoms. The van der Waals surface area contributed by atoms with Crippen molar-refractivity contribution in [3.63, 3.8) is 0 Å². The molecule has 0 unspecified atom stereocenters. The molecule has 9 heteroatoms. The number of thiophene rings is 1. The van der Waals surface area contributed by atoms with Crippen LogP contribution >= 0.6 is 22.9 Å². The first kappa shape index (κ1) is 18.9. The van der Waals surface area contributed by atoms with Crippen LogP contribution in [-0.4, -0.2) is 23.9 Å². The number of esters is 1. The predicted molar refractivity (Wildman–Crippen MR) is 95.8 cm³/mol. The summed E-state index contributed by atoms with van der Waals surface area (Å²) in [5.74, 6) is -1.10. The number of rotatable bonds is 5. The Bertz CT molecular complexity index is 862. The van der Waals surface area contributed by atoms with E-state index in [1.807, 2.05) is 13.8 Å². The van der Waals surface area contributed by atoms with Crippen molar-refractivity contribution in [1.82, 2.24) is 0 Å². The summed E-state index contributed by atoms with van der Waals surface area (Å²) in [7, 11) is 1.27. The van der Waals surface area contributed by atoms with E-state index in [0.29, 0.717) is 17.0 Å². The van der Waals surface area contributed by atoms with Crippen LogP contribution in [0.2, 0.25) is 5.02 Å². The van der Waals surface area contributed by atoms with E-state index in [1.54, 1.807) is 0 Å². The van der Waals surface area contributed by atoms with E-state index in [0.717, 1.165) is 16.5 Å². The average Bonchev–Trinajstić information content (AvgIpc) is 2.88. The van der Waals surface area contributed by atoms with Crippen molar-refractivity contribution in [2.45, 2.75) is 20.3 Å². The van der Waals surface area contributed by atoms with Crippen molar-refractivity contribution in [3.05, 3.63) is 54.9 Å². The van der Waals surface area contributed by atoms with E-state index in [9.17, 15) is 19.7 Å². The molecular formula is C16H15ClN2O5S. The molecule has 7 nitrogen and oxygen atoms in total. The molecule has 1 heterocycles. The second-order valence-corrected chi connectivity index (χ2v) is 6.69. The third-order valence-electron chi connectivity index (χ3n) is 3.59. The number of anilines is 1. The lowest BCUT2D eigenvalue weighted by Crippen LogP contribution is -2.15. The largest absolute Gasteiger partial charge is 0.465 e. The molecule has 0 radical (unpaired) electrons. The molecule has 1 aromatic heterocycles. The van der Waals surface area contributed by atoms with Gasteiger partial charge in [-0.3, -0.25) is 14.9 Å². The zero-order valence-corrected chi connectivity index (χ0v) is 15.3. The number of carbonyl (C=O) groups is 2. The van der Waals surface area contributed by atoms with E-state index in [2.05, 4.69) is 5.32 Å². The zero-order valence-electron chi connectivity index (χ0n) is 13.7. The van der Waals surface area contributed by atoms with E-state index < -0.39 is 16.8 Å². The van der Waals surface area contributed by atoms with Crippen LogP contribution in [0, 0.1) is 17.0 Å². The molecule has 0 saturated heterocycles. The van der Waals surface area contributed by atoms with Gasteiger partial charge in [-0.2, -0.15) is 0 Å². The standard InChI is InChI=1S/C16H15ClN2O5S/c1-4-10-8(2)25-15(13(10)16(21)24-3)18-14(20)11-6-5-9(19(22)23)7-12(11)17/h5-7H,4H2,1-3H3,(H,18,20). The molecule has 0 aliphatic carbocycles. The van der Waals surface area contributed by atoms with Crippen LogP contribution in [-0.2, 0) is 11.2 Å². The van der Waals surface area contributed by atoms with E-state index in [1.165, 1.54) is 30.6 Å². The van der Waals surface area contributed by atoms with Gasteiger partial charge in [0.2, 0.25) is 0 Å². The number of nitro benzene ring substituents is 1. The summed E-state index contributed by atoms with van der Waals surface area (Å²) in [5.41, 5.74) is 0.991. The number of non-ortho nitro benzene ring substituents is 1. The Morgan fingerprint density at radius 2 is 2.08 bits per heavy atom. The SMILES string of the molecule is CCc1c(C)sc(NC(=O)c2ccc([N+](=O)[O-])cc2Cl)c1C(=O)OC. The van der Waals surface area contributed by atoms with Crippen LogP contribution < -0.4 is 5.32 Å². The van der Waals surface area contributed by atoms with Gasteiger partial charge >= 0.3 is 5.97 Å². The number of amides is 1. The number of methoxy groups -OCH3 is 1. The number of halogens is 1. The summed E-state index contributed by atoms with van der Waals surface area (Å²) in [6.07, 6.45) is 0.612. The van der Waals surface area contributed by atoms with E-state index >= 15 is 0 Å². The molecule has 1 N–H and O–H groups in total. The quantitative estimate of drug-likeness (QED) is 0.474. The van der Waals surface area contributed by atoms with Gasteiger partial charge in [0, 0.05) is 17.0 Å². The molecule has 0 bridgehead atoms. The molecule has 0 saturated carbocycles. The van der Waals surface area contributed by atoms with Crippen LogP contribution in [0.4, 0.5) is 10.7 Å². The number of benzene rings is 1. The van der Waals surface area contributed by atoms with Crippen LogP contribution in [0.3, 0.4) is 0 Å². The fourth-order valence-corrected chi connectivity index (χ4v) is 3.77. The Hall–Kier alpha value is -2.45. The number of nitrogens with one attached hydrogen (secondary N) is 1. The van der Waals surface area contributed by atoms with Crippen LogP contribution in [0.5, 0.6) is 0 Å². The van der Waals surface area contributed by atoms with Crippen molar-refractivity contribution in [2.24, 2.45) is 0 Å². The lowest BCUT2D eigenvalue weighted by atomic mass is 10.1. The number of hydrogen-bond donors (Lipinski definition) is 1. The van der Waals surface area contributed by atoms with Crippen molar-refractivity contribution < 1.29 is 19.2 Å². The molecule has 1 aromatic carbocycles. The molecule has 132 valence electrons. The third kappa shape index (κ3) is 3.80. The Labute approximate surface area is 152 Å². The summed E-state index contributed by atoms with van der Waals surface area (Å²) >= 11 is 7.24. The molecular weight excluding hydrogens is 368 g/mol. The van der Waals surface area contributed by atoms with Crippen LogP contribution in [0.15, 0.2) is 18.2 Å². The maximum atomic E-state index is 12.5. The normalized spacial score (nSPS) is 10.4. The van der Waals surface area contributed by atoms with E-state index in [-0.39, 0.29) is 16.3 Å². The fraction of sp³-hybridized carbons (Fsp3) is 0.250. The van der Waals surface area contributed by atoms with Gasteiger partial charge in [0.1, 0.15) is 5.00 Å². The number of aryl methyl sites for hydroxylation is 1. The molecule has 0 fully saturated rings. The maximum absolute atomic E-state index is 12.5. The molecule has 2 rings (SSSR count). The van der Waals surface area contributed by atoms with Gasteiger partial charge in [-0.05, 0) is 25.0 Å². The molecule has 2 aromatic rings. The summed E-state index contributed by atoms with van der Waals surface area (Å²) < 4.78 is 4.80. The van der Waals surface area contributed by atoms with Crippen LogP contribution in [0.25, 0.3) is 0 Å². The van der Waals surface area contributed by atoms with E-state index in [4.69, 9.17) is 16.3 Å². The number of ether oxygens (including phenoxy) is 1. The van der Waals surface area contributed by atoms with Crippen molar-refractivity contribution in [2.75, 3.05) is 12.4 Å². The van der Waals surface area contributed by atoms with Crippen molar-refractivity contribution >= 4 is 45.5 Å². The minimum Gasteiger partial charge on any atom is -0.465 e. The molecule has 0 aliphatic heterocycles. The summed E-state index contributed by atoms with van der Waals surface area (Å²) in [6, 6.07) is 3.57. The van der Waals surface area contributed by atoms with Crippen molar-refractivity contribution in [3.8, 4) is 0 Å². The van der Waals surface area contributed by atoms with Gasteiger partial charge in [-0.25, -0.2) is 4.79 Å². The third-order valence-corrected chi connectivity index (χ3v) is 4.96. The molecule has 0 atom stereocenters. The number of nitrogens with zero attached hydrogens (tertiary/aromatic N) is 1. The minimum atomic E-state index is -0.598. The van der Waals surface area contributed by atoms with Gasteiger partial charge in [-0.15, -0.1) is 11.3 Å². The Morgan fingerprint density at radius 3 is 2.60 bits per heavy atom. The summed E-state index contributed by atoms with van der Waals surface area (Å²) in [6.45, 7) is 3.75. The monoisotopic (exact) mass is 382 g/mol. The lowest BCUT2D eigenvalue weighted by Gasteiger charge is -2.08. The first-order valence-electron chi connectivity index (χ1n) is 7.26. The van der Waals surface area contributed by atoms with Gasteiger partial charge in [0.15, 0.2) is 0 Å². The fourth-order valence-electron chi connectivity index (χ4n) is 2.38. The summed E-state index contributed by atoms with van der Waals surface area (Å²) in [4.78, 5) is 35.6. The smallest absolute Gasteiger partial charge is 0.341 e. The van der Waals surface area contributed by atoms with Crippen molar-refractivity contribution in [1.29, 1.82) is 0 Å². The highest BCUT2D eigenvalue weighted by Crippen LogP contribution is 2.34. The predicted octanol–water partition coefficient (Wildman–Crippen LogP) is 4.22. The highest BCUT2D eigenvalue weighted by atomic mass is 35.5. The second kappa shape index (κ2) is 7.62. The number of hydrogen-bond acceptors (Lipinski definition) is 6. The van der Waals surface area contributed by atoms with Crippen LogP contribution in [0.1, 0.15) is 38.1 Å². The highest BCUT2D eigenvalue weighted by Gasteiger charge is 2.24. The number of carbonyl (C=O) groups excluding carboxylic acids is 2. The van der Waals surface area contributed by atoms with Gasteiger partial charge < -0.3 is 10.1 Å². The highest BCUT2D eigenvalue weighted by molar-refractivity contribution is 7.16. The van der Waals surface area contributed by atoms with Gasteiger partial charge in [-0.1, -0.05) is 18.5 Å². The summed E-state index contributed by atoms with van der Waals surface area (Å²) in [5, 5.41) is 13.7. The first-order valence-corrected chi connectivity index (χ1v) is 8.45. The maximum Gasteiger partial charge on any atom is 0.341 e. The van der Waals surface area contributed by atoms with Gasteiger partial charge in [0.05, 0.1) is 28.2 Å². The molecule has 0 aliphatic rings. The van der Waals surface area contributed by atoms with Gasteiger partial charge in [0.25, 0.3) is 11.6 Å². The first-order chi connectivity index (χ1) is 11.8. The Morgan fingerprint density at radius 1 is 1.40 bits per heavy atom. The number of nitro groups is 1. The Kier molecular flexibility index (Phi) is 5.76. The lowest BCUT2D eigenvalue weighted by molar-refractivity contribution is -0.384. The average molecular weight is 383 g/mol. The second-order valence-electron chi connectivity index (χ2n) is 5.06. The molecule has 0 spiro atoms. The minimum absolute atomic E-state index is 0.0460.